The molecule has 0 saturated heterocycles. The summed E-state index contributed by atoms with van der Waals surface area (Å²) in [5.41, 5.74) is 2.19. The quantitative estimate of drug-likeness (QED) is 0.742. The summed E-state index contributed by atoms with van der Waals surface area (Å²) in [5, 5.41) is 2.99. The summed E-state index contributed by atoms with van der Waals surface area (Å²) in [7, 11) is 3.60. The summed E-state index contributed by atoms with van der Waals surface area (Å²) in [6, 6.07) is 1.93. The molecule has 0 aliphatic heterocycles. The third-order valence-corrected chi connectivity index (χ3v) is 2.51. The Hall–Kier alpha value is -1.62. The van der Waals surface area contributed by atoms with Gasteiger partial charge in [0.15, 0.2) is 5.52 Å². The maximum Gasteiger partial charge on any atom is 0.278 e. The second-order valence-electron chi connectivity index (χ2n) is 3.63. The molecule has 0 saturated carbocycles. The van der Waals surface area contributed by atoms with Crippen LogP contribution in [0, 0.1) is 6.92 Å². The zero-order chi connectivity index (χ0) is 11.0. The van der Waals surface area contributed by atoms with Gasteiger partial charge in [0.25, 0.3) is 5.56 Å². The van der Waals surface area contributed by atoms with Gasteiger partial charge in [-0.3, -0.25) is 4.79 Å². The molecule has 0 aliphatic carbocycles. The minimum Gasteiger partial charge on any atom is -0.341 e. The zero-order valence-electron chi connectivity index (χ0n) is 9.09. The Balaban J connectivity index is 2.71. The maximum atomic E-state index is 11.8. The average molecular weight is 206 g/mol. The smallest absolute Gasteiger partial charge is 0.278 e. The molecule has 80 valence electrons. The van der Waals surface area contributed by atoms with Crippen LogP contribution in [0.2, 0.25) is 0 Å². The van der Waals surface area contributed by atoms with Crippen molar-refractivity contribution >= 4 is 11.0 Å². The van der Waals surface area contributed by atoms with E-state index in [-0.39, 0.29) is 5.56 Å². The molecule has 0 unspecified atom stereocenters. The zero-order valence-corrected chi connectivity index (χ0v) is 9.09. The van der Waals surface area contributed by atoms with E-state index in [4.69, 9.17) is 0 Å². The van der Waals surface area contributed by atoms with Crippen molar-refractivity contribution in [3.05, 3.63) is 27.9 Å². The molecule has 0 amide bonds. The lowest BCUT2D eigenvalue weighted by Gasteiger charge is -2.00. The Morgan fingerprint density at radius 1 is 1.60 bits per heavy atom. The number of nitrogens with zero attached hydrogens (tertiary/aromatic N) is 2. The van der Waals surface area contributed by atoms with Gasteiger partial charge < -0.3 is 14.9 Å². The molecule has 5 nitrogen and oxygen atoms in total. The van der Waals surface area contributed by atoms with E-state index in [1.807, 2.05) is 20.0 Å². The Bertz CT molecular complexity index is 552. The molecule has 15 heavy (non-hydrogen) atoms. The molecule has 0 radical (unpaired) electrons. The number of H-pyrrole nitrogens is 1. The van der Waals surface area contributed by atoms with Gasteiger partial charge in [-0.05, 0) is 20.0 Å². The fourth-order valence-corrected chi connectivity index (χ4v) is 1.58. The van der Waals surface area contributed by atoms with Crippen LogP contribution in [0.3, 0.4) is 0 Å². The predicted octanol–water partition coefficient (Wildman–Crippen LogP) is 0.289. The topological polar surface area (TPSA) is 62.7 Å². The average Bonchev–Trinajstić information content (AvgIpc) is 2.58. The Morgan fingerprint density at radius 3 is 3.00 bits per heavy atom. The third kappa shape index (κ3) is 1.55. The van der Waals surface area contributed by atoms with Gasteiger partial charge in [-0.2, -0.15) is 0 Å². The van der Waals surface area contributed by atoms with Crippen molar-refractivity contribution < 1.29 is 0 Å². The highest BCUT2D eigenvalue weighted by molar-refractivity contribution is 5.74. The number of hydrogen-bond donors (Lipinski definition) is 2. The van der Waals surface area contributed by atoms with E-state index < -0.39 is 0 Å². The fraction of sp³-hybridized carbons (Fsp3) is 0.400. The Kier molecular flexibility index (Phi) is 2.32. The first-order chi connectivity index (χ1) is 7.13. The number of nitrogens with one attached hydrogen (secondary N) is 2. The summed E-state index contributed by atoms with van der Waals surface area (Å²) in [6.07, 6.45) is 0. The number of aromatic amines is 1. The second kappa shape index (κ2) is 3.51. The molecular formula is C10H14N4O. The van der Waals surface area contributed by atoms with Gasteiger partial charge in [0.1, 0.15) is 5.82 Å². The van der Waals surface area contributed by atoms with Crippen LogP contribution in [0.15, 0.2) is 10.9 Å². The van der Waals surface area contributed by atoms with E-state index in [2.05, 4.69) is 15.3 Å². The molecule has 2 aromatic heterocycles. The Labute approximate surface area is 87.1 Å². The maximum absolute atomic E-state index is 11.8. The summed E-state index contributed by atoms with van der Waals surface area (Å²) >= 11 is 0. The van der Waals surface area contributed by atoms with E-state index in [0.717, 1.165) is 17.0 Å². The van der Waals surface area contributed by atoms with Gasteiger partial charge in [0.2, 0.25) is 0 Å². The minimum atomic E-state index is -0.0522. The van der Waals surface area contributed by atoms with Gasteiger partial charge in [-0.15, -0.1) is 0 Å². The number of rotatable bonds is 2. The van der Waals surface area contributed by atoms with Crippen molar-refractivity contribution in [3.63, 3.8) is 0 Å². The fourth-order valence-electron chi connectivity index (χ4n) is 1.58. The number of imidazole rings is 1. The first-order valence-electron chi connectivity index (χ1n) is 4.83. The molecule has 5 heteroatoms. The van der Waals surface area contributed by atoms with Crippen molar-refractivity contribution in [2.24, 2.45) is 7.05 Å². The molecule has 2 heterocycles. The third-order valence-electron chi connectivity index (χ3n) is 2.51. The lowest BCUT2D eigenvalue weighted by Crippen LogP contribution is -2.18. The highest BCUT2D eigenvalue weighted by Crippen LogP contribution is 2.08. The van der Waals surface area contributed by atoms with Crippen LogP contribution < -0.4 is 10.9 Å². The lowest BCUT2D eigenvalue weighted by atomic mass is 10.3. The number of pyridine rings is 1. The molecule has 2 N–H and O–H groups in total. The normalized spacial score (nSPS) is 11.1. The van der Waals surface area contributed by atoms with E-state index in [1.54, 1.807) is 11.6 Å². The minimum absolute atomic E-state index is 0.0522. The largest absolute Gasteiger partial charge is 0.341 e. The Morgan fingerprint density at radius 2 is 2.33 bits per heavy atom. The first kappa shape index (κ1) is 9.92. The van der Waals surface area contributed by atoms with E-state index in [9.17, 15) is 4.79 Å². The van der Waals surface area contributed by atoms with Gasteiger partial charge in [-0.1, -0.05) is 0 Å². The molecule has 0 bridgehead atoms. The van der Waals surface area contributed by atoms with Crippen molar-refractivity contribution in [3.8, 4) is 0 Å². The summed E-state index contributed by atoms with van der Waals surface area (Å²) in [5.74, 6) is 0.787. The molecular weight excluding hydrogens is 192 g/mol. The van der Waals surface area contributed by atoms with Crippen LogP contribution in [0.1, 0.15) is 11.5 Å². The van der Waals surface area contributed by atoms with Crippen molar-refractivity contribution in [1.29, 1.82) is 0 Å². The molecule has 0 aliphatic rings. The van der Waals surface area contributed by atoms with E-state index in [0.29, 0.717) is 12.1 Å². The molecule has 2 rings (SSSR count). The predicted molar refractivity (Wildman–Crippen MR) is 58.8 cm³/mol. The van der Waals surface area contributed by atoms with Crippen LogP contribution in [0.5, 0.6) is 0 Å². The second-order valence-corrected chi connectivity index (χ2v) is 3.63. The molecule has 0 atom stereocenters. The van der Waals surface area contributed by atoms with Gasteiger partial charge >= 0.3 is 0 Å². The van der Waals surface area contributed by atoms with Crippen LogP contribution in [0.25, 0.3) is 11.0 Å². The molecule has 2 aromatic rings. The summed E-state index contributed by atoms with van der Waals surface area (Å²) in [6.45, 7) is 2.54. The van der Waals surface area contributed by atoms with Crippen LogP contribution in [0.4, 0.5) is 0 Å². The summed E-state index contributed by atoms with van der Waals surface area (Å²) in [4.78, 5) is 19.2. The van der Waals surface area contributed by atoms with Crippen LogP contribution in [-0.2, 0) is 13.6 Å². The molecule has 0 spiro atoms. The van der Waals surface area contributed by atoms with Gasteiger partial charge in [0, 0.05) is 12.7 Å². The SMILES string of the molecule is CNCc1nc2c(=O)n(C)c(C)cc2[nH]1. The number of hydrogen-bond acceptors (Lipinski definition) is 3. The molecule has 0 fully saturated rings. The number of aryl methyl sites for hydroxylation is 1. The van der Waals surface area contributed by atoms with Crippen molar-refractivity contribution in [2.75, 3.05) is 7.05 Å². The summed E-state index contributed by atoms with van der Waals surface area (Å²) < 4.78 is 1.60. The van der Waals surface area contributed by atoms with Crippen molar-refractivity contribution in [1.82, 2.24) is 19.9 Å². The van der Waals surface area contributed by atoms with Gasteiger partial charge in [-0.25, -0.2) is 4.98 Å². The van der Waals surface area contributed by atoms with E-state index >= 15 is 0 Å². The highest BCUT2D eigenvalue weighted by atomic mass is 16.1. The highest BCUT2D eigenvalue weighted by Gasteiger charge is 2.08. The number of fused-ring (bicyclic) bond motifs is 1. The van der Waals surface area contributed by atoms with Gasteiger partial charge in [0.05, 0.1) is 12.1 Å². The van der Waals surface area contributed by atoms with Crippen molar-refractivity contribution in [2.45, 2.75) is 13.5 Å². The molecule has 0 aromatic carbocycles. The van der Waals surface area contributed by atoms with Crippen LogP contribution >= 0.6 is 0 Å². The monoisotopic (exact) mass is 206 g/mol. The lowest BCUT2D eigenvalue weighted by molar-refractivity contribution is 0.774. The van der Waals surface area contributed by atoms with Crippen LogP contribution in [-0.4, -0.2) is 21.6 Å². The standard InChI is InChI=1S/C10H14N4O/c1-6-4-7-9(10(15)14(6)3)13-8(12-7)5-11-2/h4,11H,5H2,1-3H3,(H,12,13). The first-order valence-corrected chi connectivity index (χ1v) is 4.83. The van der Waals surface area contributed by atoms with E-state index in [1.165, 1.54) is 0 Å². The number of aromatic nitrogens is 3.